The van der Waals surface area contributed by atoms with Crippen LogP contribution in [0.1, 0.15) is 32.7 Å². The Hall–Kier alpha value is -1.14. The standard InChI is InChI=1S/C14H22N4S2/c1-8(14(3,4)5)6-16-13-11(12(15)18-20-13)10-7-19-9(2)17-10/h7-8,16H,6H2,1-5H3,(H2,15,18). The molecule has 0 spiro atoms. The van der Waals surface area contributed by atoms with E-state index in [4.69, 9.17) is 5.73 Å². The molecule has 2 aromatic rings. The van der Waals surface area contributed by atoms with E-state index in [0.29, 0.717) is 11.7 Å². The SMILES string of the molecule is Cc1nc(-c2c(N)nsc2NCC(C)C(C)(C)C)cs1. The summed E-state index contributed by atoms with van der Waals surface area (Å²) in [6.07, 6.45) is 0. The van der Waals surface area contributed by atoms with Crippen molar-refractivity contribution in [1.29, 1.82) is 0 Å². The highest BCUT2D eigenvalue weighted by Crippen LogP contribution is 2.37. The van der Waals surface area contributed by atoms with Gasteiger partial charge in [-0.05, 0) is 29.8 Å². The van der Waals surface area contributed by atoms with E-state index in [2.05, 4.69) is 42.4 Å². The highest BCUT2D eigenvalue weighted by Gasteiger charge is 2.21. The third-order valence-electron chi connectivity index (χ3n) is 3.64. The van der Waals surface area contributed by atoms with Gasteiger partial charge in [-0.1, -0.05) is 27.7 Å². The van der Waals surface area contributed by atoms with Crippen LogP contribution >= 0.6 is 22.9 Å². The first kappa shape index (κ1) is 15.3. The van der Waals surface area contributed by atoms with Gasteiger partial charge in [0.05, 0.1) is 16.3 Å². The Balaban J connectivity index is 2.18. The molecule has 2 rings (SSSR count). The first-order chi connectivity index (χ1) is 9.29. The second kappa shape index (κ2) is 5.69. The smallest absolute Gasteiger partial charge is 0.148 e. The van der Waals surface area contributed by atoms with E-state index in [0.717, 1.165) is 27.8 Å². The van der Waals surface area contributed by atoms with Crippen LogP contribution in [0.3, 0.4) is 0 Å². The third-order valence-corrected chi connectivity index (χ3v) is 5.23. The molecule has 4 nitrogen and oxygen atoms in total. The van der Waals surface area contributed by atoms with Gasteiger partial charge in [-0.25, -0.2) is 4.98 Å². The first-order valence-corrected chi connectivity index (χ1v) is 8.36. The van der Waals surface area contributed by atoms with Gasteiger partial charge in [0.25, 0.3) is 0 Å². The monoisotopic (exact) mass is 310 g/mol. The lowest BCUT2D eigenvalue weighted by Gasteiger charge is -2.27. The number of nitrogen functional groups attached to an aromatic ring is 1. The van der Waals surface area contributed by atoms with Crippen LogP contribution in [0.5, 0.6) is 0 Å². The fraction of sp³-hybridized carbons (Fsp3) is 0.571. The molecule has 6 heteroatoms. The molecule has 1 unspecified atom stereocenters. The summed E-state index contributed by atoms with van der Waals surface area (Å²) in [6, 6.07) is 0. The third kappa shape index (κ3) is 3.30. The molecule has 0 aliphatic carbocycles. The summed E-state index contributed by atoms with van der Waals surface area (Å²) >= 11 is 3.04. The summed E-state index contributed by atoms with van der Waals surface area (Å²) in [7, 11) is 0. The van der Waals surface area contributed by atoms with Crippen molar-refractivity contribution in [3.05, 3.63) is 10.4 Å². The lowest BCUT2D eigenvalue weighted by Crippen LogP contribution is -2.24. The van der Waals surface area contributed by atoms with Crippen molar-refractivity contribution in [2.45, 2.75) is 34.6 Å². The van der Waals surface area contributed by atoms with Crippen molar-refractivity contribution in [3.63, 3.8) is 0 Å². The average molecular weight is 310 g/mol. The summed E-state index contributed by atoms with van der Waals surface area (Å²) in [5.41, 5.74) is 8.14. The Morgan fingerprint density at radius 1 is 1.40 bits per heavy atom. The van der Waals surface area contributed by atoms with Gasteiger partial charge in [-0.3, -0.25) is 0 Å². The molecule has 0 aliphatic heterocycles. The summed E-state index contributed by atoms with van der Waals surface area (Å²) in [5.74, 6) is 1.11. The quantitative estimate of drug-likeness (QED) is 0.886. The molecular formula is C14H22N4S2. The van der Waals surface area contributed by atoms with Crippen molar-refractivity contribution >= 4 is 33.7 Å². The van der Waals surface area contributed by atoms with E-state index in [9.17, 15) is 0 Å². The van der Waals surface area contributed by atoms with Gasteiger partial charge in [-0.2, -0.15) is 4.37 Å². The van der Waals surface area contributed by atoms with Gasteiger partial charge in [-0.15, -0.1) is 11.3 Å². The predicted octanol–water partition coefficient (Wildman–Crippen LogP) is 4.25. The number of aryl methyl sites for hydroxylation is 1. The average Bonchev–Trinajstić information content (AvgIpc) is 2.91. The largest absolute Gasteiger partial charge is 0.382 e. The summed E-state index contributed by atoms with van der Waals surface area (Å²) < 4.78 is 4.26. The van der Waals surface area contributed by atoms with Crippen LogP contribution in [0.2, 0.25) is 0 Å². The highest BCUT2D eigenvalue weighted by molar-refractivity contribution is 7.11. The molecule has 2 heterocycles. The number of hydrogen-bond donors (Lipinski definition) is 2. The number of nitrogens with zero attached hydrogens (tertiary/aromatic N) is 2. The number of hydrogen-bond acceptors (Lipinski definition) is 6. The fourth-order valence-electron chi connectivity index (χ4n) is 1.70. The summed E-state index contributed by atoms with van der Waals surface area (Å²) in [5, 5.41) is 7.58. The minimum Gasteiger partial charge on any atom is -0.382 e. The lowest BCUT2D eigenvalue weighted by molar-refractivity contribution is 0.275. The van der Waals surface area contributed by atoms with Crippen LogP contribution in [-0.4, -0.2) is 15.9 Å². The maximum atomic E-state index is 6.00. The molecule has 0 aromatic carbocycles. The molecule has 0 saturated carbocycles. The van der Waals surface area contributed by atoms with E-state index in [-0.39, 0.29) is 5.41 Å². The van der Waals surface area contributed by atoms with Gasteiger partial charge >= 0.3 is 0 Å². The van der Waals surface area contributed by atoms with Crippen LogP contribution in [0, 0.1) is 18.3 Å². The van der Waals surface area contributed by atoms with Crippen LogP contribution < -0.4 is 11.1 Å². The molecule has 3 N–H and O–H groups in total. The molecule has 0 amide bonds. The molecule has 1 atom stereocenters. The van der Waals surface area contributed by atoms with Gasteiger partial charge in [0.1, 0.15) is 10.8 Å². The van der Waals surface area contributed by atoms with Crippen LogP contribution in [0.15, 0.2) is 5.38 Å². The highest BCUT2D eigenvalue weighted by atomic mass is 32.1. The molecule has 110 valence electrons. The molecule has 0 radical (unpaired) electrons. The van der Waals surface area contributed by atoms with Gasteiger partial charge < -0.3 is 11.1 Å². The molecule has 2 aromatic heterocycles. The molecule has 0 saturated heterocycles. The molecule has 0 bridgehead atoms. The predicted molar refractivity (Wildman–Crippen MR) is 89.5 cm³/mol. The number of nitrogens with one attached hydrogen (secondary N) is 1. The van der Waals surface area contributed by atoms with Crippen LogP contribution in [0.4, 0.5) is 10.8 Å². The van der Waals surface area contributed by atoms with E-state index in [1.165, 1.54) is 11.5 Å². The topological polar surface area (TPSA) is 63.8 Å². The van der Waals surface area contributed by atoms with Crippen LogP contribution in [-0.2, 0) is 0 Å². The van der Waals surface area contributed by atoms with Crippen molar-refractivity contribution in [2.24, 2.45) is 11.3 Å². The lowest BCUT2D eigenvalue weighted by atomic mass is 9.82. The van der Waals surface area contributed by atoms with Gasteiger partial charge in [0, 0.05) is 11.9 Å². The van der Waals surface area contributed by atoms with Crippen molar-refractivity contribution in [2.75, 3.05) is 17.6 Å². The number of aromatic nitrogens is 2. The van der Waals surface area contributed by atoms with Crippen molar-refractivity contribution in [1.82, 2.24) is 9.36 Å². The van der Waals surface area contributed by atoms with Crippen molar-refractivity contribution in [3.8, 4) is 11.3 Å². The Labute approximate surface area is 128 Å². The van der Waals surface area contributed by atoms with E-state index in [1.807, 2.05) is 12.3 Å². The second-order valence-corrected chi connectivity index (χ2v) is 8.01. The number of thiazole rings is 1. The molecule has 20 heavy (non-hydrogen) atoms. The minimum atomic E-state index is 0.278. The zero-order valence-electron chi connectivity index (χ0n) is 12.7. The fourth-order valence-corrected chi connectivity index (χ4v) is 3.03. The number of rotatable bonds is 4. The zero-order chi connectivity index (χ0) is 14.9. The number of nitrogens with two attached hydrogens (primary N) is 1. The van der Waals surface area contributed by atoms with E-state index < -0.39 is 0 Å². The van der Waals surface area contributed by atoms with Crippen LogP contribution in [0.25, 0.3) is 11.3 Å². The Kier molecular flexibility index (Phi) is 4.34. The Morgan fingerprint density at radius 3 is 2.65 bits per heavy atom. The number of anilines is 2. The second-order valence-electron chi connectivity index (χ2n) is 6.17. The first-order valence-electron chi connectivity index (χ1n) is 6.70. The van der Waals surface area contributed by atoms with Gasteiger partial charge in [0.2, 0.25) is 0 Å². The molecule has 0 fully saturated rings. The maximum absolute atomic E-state index is 6.00. The zero-order valence-corrected chi connectivity index (χ0v) is 14.3. The Bertz CT molecular complexity index is 580. The minimum absolute atomic E-state index is 0.278. The molecule has 0 aliphatic rings. The summed E-state index contributed by atoms with van der Waals surface area (Å²) in [4.78, 5) is 4.52. The van der Waals surface area contributed by atoms with E-state index >= 15 is 0 Å². The van der Waals surface area contributed by atoms with E-state index in [1.54, 1.807) is 11.3 Å². The van der Waals surface area contributed by atoms with Gasteiger partial charge in [0.15, 0.2) is 0 Å². The maximum Gasteiger partial charge on any atom is 0.148 e. The van der Waals surface area contributed by atoms with Crippen molar-refractivity contribution < 1.29 is 0 Å². The normalized spacial score (nSPS) is 13.4. The summed E-state index contributed by atoms with van der Waals surface area (Å²) in [6.45, 7) is 11.9. The Morgan fingerprint density at radius 2 is 2.10 bits per heavy atom. The molecular weight excluding hydrogens is 288 g/mol.